The van der Waals surface area contributed by atoms with Crippen molar-refractivity contribution in [3.63, 3.8) is 0 Å². The lowest BCUT2D eigenvalue weighted by Gasteiger charge is -2.05. The van der Waals surface area contributed by atoms with Crippen LogP contribution in [0.25, 0.3) is 11.0 Å². The Morgan fingerprint density at radius 1 is 1.33 bits per heavy atom. The number of aromatic nitrogens is 2. The number of nitrogens with zero attached hydrogens (tertiary/aromatic N) is 2. The molecule has 1 heterocycles. The van der Waals surface area contributed by atoms with Crippen molar-refractivity contribution in [2.24, 2.45) is 7.05 Å². The van der Waals surface area contributed by atoms with Crippen LogP contribution in [0.15, 0.2) is 18.2 Å². The number of para-hydroxylation sites is 1. The highest BCUT2D eigenvalue weighted by Gasteiger charge is 2.36. The molecule has 0 unspecified atom stereocenters. The van der Waals surface area contributed by atoms with Crippen LogP contribution in [0.4, 0.5) is 18.9 Å². The first-order chi connectivity index (χ1) is 6.91. The van der Waals surface area contributed by atoms with Gasteiger partial charge >= 0.3 is 6.18 Å². The predicted octanol–water partition coefficient (Wildman–Crippen LogP) is 2.17. The van der Waals surface area contributed by atoms with Crippen LogP contribution >= 0.6 is 0 Å². The van der Waals surface area contributed by atoms with Gasteiger partial charge in [0, 0.05) is 7.05 Å². The standard InChI is InChI=1S/C9H8F3N3/c1-15-6-4-2-3-5(13)7(6)14-8(15)9(10,11)12/h2-4H,13H2,1H3. The van der Waals surface area contributed by atoms with Gasteiger partial charge in [-0.25, -0.2) is 4.98 Å². The molecule has 0 aliphatic rings. The van der Waals surface area contributed by atoms with Crippen molar-refractivity contribution in [3.05, 3.63) is 24.0 Å². The number of anilines is 1. The van der Waals surface area contributed by atoms with Crippen molar-refractivity contribution >= 4 is 16.7 Å². The van der Waals surface area contributed by atoms with Gasteiger partial charge in [-0.3, -0.25) is 0 Å². The fraction of sp³-hybridized carbons (Fsp3) is 0.222. The number of alkyl halides is 3. The van der Waals surface area contributed by atoms with Gasteiger partial charge < -0.3 is 10.3 Å². The molecule has 80 valence electrons. The third kappa shape index (κ3) is 1.42. The van der Waals surface area contributed by atoms with Crippen LogP contribution in [0.3, 0.4) is 0 Å². The number of hydrogen-bond donors (Lipinski definition) is 1. The summed E-state index contributed by atoms with van der Waals surface area (Å²) in [5.74, 6) is -0.935. The smallest absolute Gasteiger partial charge is 0.397 e. The molecular weight excluding hydrogens is 207 g/mol. The number of fused-ring (bicyclic) bond motifs is 1. The van der Waals surface area contributed by atoms with E-state index in [0.29, 0.717) is 5.52 Å². The second-order valence-corrected chi connectivity index (χ2v) is 3.21. The van der Waals surface area contributed by atoms with E-state index in [9.17, 15) is 13.2 Å². The fourth-order valence-corrected chi connectivity index (χ4v) is 1.49. The zero-order chi connectivity index (χ0) is 11.2. The first-order valence-electron chi connectivity index (χ1n) is 4.19. The predicted molar refractivity (Wildman–Crippen MR) is 50.1 cm³/mol. The van der Waals surface area contributed by atoms with Crippen molar-refractivity contribution in [1.82, 2.24) is 9.55 Å². The van der Waals surface area contributed by atoms with Crippen molar-refractivity contribution in [3.8, 4) is 0 Å². The van der Waals surface area contributed by atoms with Crippen LogP contribution < -0.4 is 5.73 Å². The van der Waals surface area contributed by atoms with E-state index in [1.165, 1.54) is 13.1 Å². The fourth-order valence-electron chi connectivity index (χ4n) is 1.49. The molecular formula is C9H8F3N3. The molecule has 0 aliphatic heterocycles. The van der Waals surface area contributed by atoms with E-state index in [-0.39, 0.29) is 11.2 Å². The second-order valence-electron chi connectivity index (χ2n) is 3.21. The molecule has 3 nitrogen and oxygen atoms in total. The third-order valence-electron chi connectivity index (χ3n) is 2.20. The highest BCUT2D eigenvalue weighted by molar-refractivity contribution is 5.87. The summed E-state index contributed by atoms with van der Waals surface area (Å²) in [7, 11) is 1.32. The summed E-state index contributed by atoms with van der Waals surface area (Å²) in [5.41, 5.74) is 6.35. The Morgan fingerprint density at radius 2 is 2.00 bits per heavy atom. The largest absolute Gasteiger partial charge is 0.449 e. The van der Waals surface area contributed by atoms with E-state index >= 15 is 0 Å². The minimum atomic E-state index is -4.46. The molecule has 0 amide bonds. The Labute approximate surface area is 83.3 Å². The third-order valence-corrected chi connectivity index (χ3v) is 2.20. The average Bonchev–Trinajstić information content (AvgIpc) is 2.45. The lowest BCUT2D eigenvalue weighted by molar-refractivity contribution is -0.146. The van der Waals surface area contributed by atoms with E-state index in [1.54, 1.807) is 12.1 Å². The molecule has 2 rings (SSSR count). The number of nitrogen functional groups attached to an aromatic ring is 1. The minimum Gasteiger partial charge on any atom is -0.397 e. The maximum atomic E-state index is 12.5. The van der Waals surface area contributed by atoms with Crippen LogP contribution in [0.2, 0.25) is 0 Å². The summed E-state index contributed by atoms with van der Waals surface area (Å²) in [6, 6.07) is 4.67. The number of nitrogens with two attached hydrogens (primary N) is 1. The van der Waals surface area contributed by atoms with Gasteiger partial charge in [-0.2, -0.15) is 13.2 Å². The number of imidazole rings is 1. The van der Waals surface area contributed by atoms with E-state index in [1.807, 2.05) is 0 Å². The summed E-state index contributed by atoms with van der Waals surface area (Å²) in [5, 5.41) is 0. The monoisotopic (exact) mass is 215 g/mol. The molecule has 2 aromatic rings. The summed E-state index contributed by atoms with van der Waals surface area (Å²) in [6.07, 6.45) is -4.46. The zero-order valence-corrected chi connectivity index (χ0v) is 7.84. The van der Waals surface area contributed by atoms with Crippen LogP contribution in [0.1, 0.15) is 5.82 Å². The summed E-state index contributed by atoms with van der Waals surface area (Å²) in [6.45, 7) is 0. The molecule has 6 heteroatoms. The van der Waals surface area contributed by atoms with Crippen LogP contribution in [-0.4, -0.2) is 9.55 Å². The maximum Gasteiger partial charge on any atom is 0.449 e. The van der Waals surface area contributed by atoms with Gasteiger partial charge in [0.1, 0.15) is 5.52 Å². The molecule has 0 fully saturated rings. The number of halogens is 3. The first kappa shape index (κ1) is 9.82. The van der Waals surface area contributed by atoms with Gasteiger partial charge in [0.15, 0.2) is 0 Å². The highest BCUT2D eigenvalue weighted by atomic mass is 19.4. The van der Waals surface area contributed by atoms with Crippen molar-refractivity contribution in [2.45, 2.75) is 6.18 Å². The lowest BCUT2D eigenvalue weighted by Crippen LogP contribution is -2.12. The molecule has 0 saturated carbocycles. The number of aryl methyl sites for hydroxylation is 1. The zero-order valence-electron chi connectivity index (χ0n) is 7.84. The van der Waals surface area contributed by atoms with Gasteiger partial charge in [0.05, 0.1) is 11.2 Å². The Morgan fingerprint density at radius 3 is 2.53 bits per heavy atom. The summed E-state index contributed by atoms with van der Waals surface area (Å²) in [4.78, 5) is 3.50. The van der Waals surface area contributed by atoms with Crippen LogP contribution in [-0.2, 0) is 13.2 Å². The van der Waals surface area contributed by atoms with Crippen LogP contribution in [0, 0.1) is 0 Å². The van der Waals surface area contributed by atoms with Gasteiger partial charge in [0.25, 0.3) is 0 Å². The molecule has 15 heavy (non-hydrogen) atoms. The Hall–Kier alpha value is -1.72. The summed E-state index contributed by atoms with van der Waals surface area (Å²) < 4.78 is 38.5. The minimum absolute atomic E-state index is 0.187. The van der Waals surface area contributed by atoms with Gasteiger partial charge in [-0.1, -0.05) is 6.07 Å². The summed E-state index contributed by atoms with van der Waals surface area (Å²) >= 11 is 0. The average molecular weight is 215 g/mol. The normalized spacial score (nSPS) is 12.3. The highest BCUT2D eigenvalue weighted by Crippen LogP contribution is 2.31. The van der Waals surface area contributed by atoms with Gasteiger partial charge in [0.2, 0.25) is 5.82 Å². The molecule has 0 bridgehead atoms. The number of rotatable bonds is 0. The quantitative estimate of drug-likeness (QED) is 0.684. The molecule has 0 aliphatic carbocycles. The Bertz CT molecular complexity index is 513. The Kier molecular flexibility index (Phi) is 1.89. The topological polar surface area (TPSA) is 43.8 Å². The van der Waals surface area contributed by atoms with Gasteiger partial charge in [-0.05, 0) is 12.1 Å². The maximum absolute atomic E-state index is 12.5. The second kappa shape index (κ2) is 2.88. The molecule has 2 N–H and O–H groups in total. The number of benzene rings is 1. The molecule has 0 saturated heterocycles. The molecule has 0 radical (unpaired) electrons. The SMILES string of the molecule is Cn1c(C(F)(F)F)nc2c(N)cccc21. The van der Waals surface area contributed by atoms with Crippen molar-refractivity contribution < 1.29 is 13.2 Å². The van der Waals surface area contributed by atoms with Crippen molar-refractivity contribution in [1.29, 1.82) is 0 Å². The van der Waals surface area contributed by atoms with Crippen molar-refractivity contribution in [2.75, 3.05) is 5.73 Å². The molecule has 1 aromatic carbocycles. The Balaban J connectivity index is 2.81. The van der Waals surface area contributed by atoms with Crippen LogP contribution in [0.5, 0.6) is 0 Å². The van der Waals surface area contributed by atoms with E-state index < -0.39 is 12.0 Å². The van der Waals surface area contributed by atoms with E-state index in [0.717, 1.165) is 4.57 Å². The van der Waals surface area contributed by atoms with E-state index in [2.05, 4.69) is 4.98 Å². The molecule has 1 aromatic heterocycles. The van der Waals surface area contributed by atoms with Gasteiger partial charge in [-0.15, -0.1) is 0 Å². The first-order valence-corrected chi connectivity index (χ1v) is 4.19. The molecule has 0 atom stereocenters. The van der Waals surface area contributed by atoms with E-state index in [4.69, 9.17) is 5.73 Å². The lowest BCUT2D eigenvalue weighted by atomic mass is 10.3. The molecule has 0 spiro atoms. The number of hydrogen-bond acceptors (Lipinski definition) is 2.